The zero-order chi connectivity index (χ0) is 18.5. The number of rotatable bonds is 6. The molecule has 0 saturated heterocycles. The molecule has 1 heterocycles. The molecule has 0 fully saturated rings. The predicted octanol–water partition coefficient (Wildman–Crippen LogP) is 2.83. The first-order valence-electron chi connectivity index (χ1n) is 7.76. The molecule has 0 bridgehead atoms. The van der Waals surface area contributed by atoms with E-state index in [1.807, 2.05) is 6.92 Å². The molecule has 0 unspecified atom stereocenters. The van der Waals surface area contributed by atoms with E-state index in [0.29, 0.717) is 18.0 Å². The number of hydrogen-bond acceptors (Lipinski definition) is 6. The molecule has 0 aliphatic heterocycles. The summed E-state index contributed by atoms with van der Waals surface area (Å²) in [6.07, 6.45) is 2.62. The van der Waals surface area contributed by atoms with Crippen LogP contribution in [0.25, 0.3) is 5.69 Å². The van der Waals surface area contributed by atoms with Gasteiger partial charge >= 0.3 is 0 Å². The Hall–Kier alpha value is -3.75. The highest BCUT2D eigenvalue weighted by atomic mass is 16.6. The third-order valence-electron chi connectivity index (χ3n) is 3.52. The van der Waals surface area contributed by atoms with Gasteiger partial charge in [0.15, 0.2) is 0 Å². The summed E-state index contributed by atoms with van der Waals surface area (Å²) in [7, 11) is 0. The van der Waals surface area contributed by atoms with Crippen LogP contribution in [0.15, 0.2) is 55.1 Å². The largest absolute Gasteiger partial charge is 0.494 e. The first kappa shape index (κ1) is 17.1. The van der Waals surface area contributed by atoms with Gasteiger partial charge in [-0.25, -0.2) is 9.67 Å². The Morgan fingerprint density at radius 3 is 2.65 bits per heavy atom. The van der Waals surface area contributed by atoms with Crippen LogP contribution in [-0.4, -0.2) is 32.2 Å². The maximum Gasteiger partial charge on any atom is 0.295 e. The van der Waals surface area contributed by atoms with E-state index in [0.717, 1.165) is 0 Å². The fourth-order valence-corrected chi connectivity index (χ4v) is 2.34. The number of hydrogen-bond donors (Lipinski definition) is 1. The first-order valence-corrected chi connectivity index (χ1v) is 7.76. The molecule has 0 aliphatic rings. The molecule has 9 heteroatoms. The van der Waals surface area contributed by atoms with E-state index in [2.05, 4.69) is 15.4 Å². The molecule has 0 atom stereocenters. The Morgan fingerprint density at radius 1 is 1.27 bits per heavy atom. The number of nitrogens with one attached hydrogen (secondary N) is 1. The Morgan fingerprint density at radius 2 is 2.04 bits per heavy atom. The van der Waals surface area contributed by atoms with Gasteiger partial charge in [0.2, 0.25) is 0 Å². The fourth-order valence-electron chi connectivity index (χ4n) is 2.34. The number of ether oxygens (including phenoxy) is 1. The van der Waals surface area contributed by atoms with Gasteiger partial charge in [-0.3, -0.25) is 14.9 Å². The maximum atomic E-state index is 12.4. The molecule has 1 amide bonds. The third-order valence-corrected chi connectivity index (χ3v) is 3.52. The highest BCUT2D eigenvalue weighted by Crippen LogP contribution is 2.24. The third kappa shape index (κ3) is 3.66. The summed E-state index contributed by atoms with van der Waals surface area (Å²) in [5.41, 5.74) is 0.705. The van der Waals surface area contributed by atoms with Gasteiger partial charge in [-0.2, -0.15) is 5.10 Å². The number of benzene rings is 2. The summed E-state index contributed by atoms with van der Waals surface area (Å²) >= 11 is 0. The molecular formula is C17H15N5O4. The van der Waals surface area contributed by atoms with Gasteiger partial charge in [0.25, 0.3) is 11.6 Å². The van der Waals surface area contributed by atoms with Gasteiger partial charge in [0.1, 0.15) is 24.1 Å². The van der Waals surface area contributed by atoms with Crippen molar-refractivity contribution in [3.63, 3.8) is 0 Å². The van der Waals surface area contributed by atoms with Crippen LogP contribution in [0.4, 0.5) is 11.4 Å². The molecule has 0 radical (unpaired) electrons. The molecule has 1 aromatic heterocycles. The fraction of sp³-hybridized carbons (Fsp3) is 0.118. The molecule has 0 saturated carbocycles. The minimum atomic E-state index is -0.565. The first-order chi connectivity index (χ1) is 12.6. The van der Waals surface area contributed by atoms with Crippen LogP contribution in [-0.2, 0) is 0 Å². The average molecular weight is 353 g/mol. The van der Waals surface area contributed by atoms with Crippen LogP contribution < -0.4 is 10.1 Å². The Bertz CT molecular complexity index is 923. The Kier molecular flexibility index (Phi) is 4.88. The van der Waals surface area contributed by atoms with E-state index in [9.17, 15) is 14.9 Å². The highest BCUT2D eigenvalue weighted by molar-refractivity contribution is 6.04. The lowest BCUT2D eigenvalue weighted by molar-refractivity contribution is -0.384. The standard InChI is InChI=1S/C17H15N5O4/c1-2-26-14-6-4-13(5-7-14)20-17(23)12-3-8-15(16(9-12)22(24)25)21-11-18-10-19-21/h3-11H,2H2,1H3,(H,20,23). The van der Waals surface area contributed by atoms with Crippen molar-refractivity contribution in [3.8, 4) is 11.4 Å². The second kappa shape index (κ2) is 7.43. The van der Waals surface area contributed by atoms with Gasteiger partial charge in [-0.15, -0.1) is 0 Å². The van der Waals surface area contributed by atoms with Gasteiger partial charge in [-0.1, -0.05) is 0 Å². The Labute approximate surface area is 148 Å². The zero-order valence-electron chi connectivity index (χ0n) is 13.8. The van der Waals surface area contributed by atoms with E-state index in [4.69, 9.17) is 4.74 Å². The van der Waals surface area contributed by atoms with Gasteiger partial charge in [0.05, 0.1) is 11.5 Å². The summed E-state index contributed by atoms with van der Waals surface area (Å²) in [5, 5.41) is 17.9. The second-order valence-electron chi connectivity index (χ2n) is 5.21. The molecule has 0 spiro atoms. The van der Waals surface area contributed by atoms with Crippen LogP contribution in [0, 0.1) is 10.1 Å². The van der Waals surface area contributed by atoms with Crippen LogP contribution >= 0.6 is 0 Å². The zero-order valence-corrected chi connectivity index (χ0v) is 13.8. The highest BCUT2D eigenvalue weighted by Gasteiger charge is 2.19. The molecule has 1 N–H and O–H groups in total. The molecule has 3 aromatic rings. The van der Waals surface area contributed by atoms with Gasteiger partial charge in [-0.05, 0) is 43.3 Å². The van der Waals surface area contributed by atoms with Crippen molar-refractivity contribution >= 4 is 17.3 Å². The molecule has 26 heavy (non-hydrogen) atoms. The van der Waals surface area contributed by atoms with Crippen LogP contribution in [0.2, 0.25) is 0 Å². The SMILES string of the molecule is CCOc1ccc(NC(=O)c2ccc(-n3cncn3)c([N+](=O)[O-])c2)cc1. The maximum absolute atomic E-state index is 12.4. The van der Waals surface area contributed by atoms with E-state index in [1.54, 1.807) is 24.3 Å². The van der Waals surface area contributed by atoms with Crippen molar-refractivity contribution in [3.05, 3.63) is 70.8 Å². The molecular weight excluding hydrogens is 338 g/mol. The normalized spacial score (nSPS) is 10.3. The lowest BCUT2D eigenvalue weighted by atomic mass is 10.1. The number of anilines is 1. The van der Waals surface area contributed by atoms with E-state index < -0.39 is 10.8 Å². The van der Waals surface area contributed by atoms with Crippen molar-refractivity contribution in [2.75, 3.05) is 11.9 Å². The number of aromatic nitrogens is 3. The van der Waals surface area contributed by atoms with E-state index >= 15 is 0 Å². The average Bonchev–Trinajstić information content (AvgIpc) is 3.17. The number of nitro groups is 1. The summed E-state index contributed by atoms with van der Waals surface area (Å²) in [6, 6.07) is 11.0. The van der Waals surface area contributed by atoms with Crippen molar-refractivity contribution < 1.29 is 14.5 Å². The Balaban J connectivity index is 1.83. The van der Waals surface area contributed by atoms with E-state index in [-0.39, 0.29) is 16.9 Å². The molecule has 132 valence electrons. The number of amides is 1. The summed E-state index contributed by atoms with van der Waals surface area (Å²) in [5.74, 6) is 0.237. The number of nitrogens with zero attached hydrogens (tertiary/aromatic N) is 4. The number of nitro benzene ring substituents is 1. The second-order valence-corrected chi connectivity index (χ2v) is 5.21. The van der Waals surface area contributed by atoms with Gasteiger partial charge in [0, 0.05) is 17.3 Å². The van der Waals surface area contributed by atoms with Crippen molar-refractivity contribution in [2.24, 2.45) is 0 Å². The molecule has 2 aromatic carbocycles. The monoisotopic (exact) mass is 353 g/mol. The minimum Gasteiger partial charge on any atom is -0.494 e. The van der Waals surface area contributed by atoms with Crippen molar-refractivity contribution in [1.82, 2.24) is 14.8 Å². The smallest absolute Gasteiger partial charge is 0.295 e. The van der Waals surface area contributed by atoms with Crippen LogP contribution in [0.3, 0.4) is 0 Å². The summed E-state index contributed by atoms with van der Waals surface area (Å²) in [4.78, 5) is 27.0. The summed E-state index contributed by atoms with van der Waals surface area (Å²) in [6.45, 7) is 2.43. The van der Waals surface area contributed by atoms with E-state index in [1.165, 1.54) is 35.5 Å². The van der Waals surface area contributed by atoms with Gasteiger partial charge < -0.3 is 10.1 Å². The van der Waals surface area contributed by atoms with Crippen LogP contribution in [0.1, 0.15) is 17.3 Å². The summed E-state index contributed by atoms with van der Waals surface area (Å²) < 4.78 is 6.61. The topological polar surface area (TPSA) is 112 Å². The quantitative estimate of drug-likeness (QED) is 0.539. The lowest BCUT2D eigenvalue weighted by Gasteiger charge is -2.08. The van der Waals surface area contributed by atoms with Crippen LogP contribution in [0.5, 0.6) is 5.75 Å². The van der Waals surface area contributed by atoms with Crippen molar-refractivity contribution in [2.45, 2.75) is 6.92 Å². The number of carbonyl (C=O) groups excluding carboxylic acids is 1. The molecule has 0 aliphatic carbocycles. The number of carbonyl (C=O) groups is 1. The predicted molar refractivity (Wildman–Crippen MR) is 93.6 cm³/mol. The lowest BCUT2D eigenvalue weighted by Crippen LogP contribution is -2.13. The molecule has 3 rings (SSSR count). The van der Waals surface area contributed by atoms with Crippen molar-refractivity contribution in [1.29, 1.82) is 0 Å². The molecule has 9 nitrogen and oxygen atoms in total. The minimum absolute atomic E-state index is 0.162.